The fourth-order valence-electron chi connectivity index (χ4n) is 3.31. The number of aromatic nitrogens is 2. The standard InChI is InChI=1S/C23H24N4O2S/c24-21(28)18-9-11-19(12-10-18)30-20-15-25-23(27-13-5-2-6-14-27)26-22(20)29-16-17-7-3-1-4-8-17/h1,3-4,7-12,15H,2,5-6,13-14,16H2,(H2,24,28). The minimum Gasteiger partial charge on any atom is -0.472 e. The molecule has 0 atom stereocenters. The molecule has 0 spiro atoms. The van der Waals surface area contributed by atoms with Gasteiger partial charge in [0.25, 0.3) is 0 Å². The van der Waals surface area contributed by atoms with Gasteiger partial charge in [0.2, 0.25) is 17.7 Å². The molecule has 0 unspecified atom stereocenters. The van der Waals surface area contributed by atoms with Gasteiger partial charge in [-0.05, 0) is 49.1 Å². The van der Waals surface area contributed by atoms with Crippen LogP contribution in [0.4, 0.5) is 5.95 Å². The van der Waals surface area contributed by atoms with Gasteiger partial charge in [-0.25, -0.2) is 4.98 Å². The maximum Gasteiger partial charge on any atom is 0.248 e. The molecule has 1 aliphatic heterocycles. The van der Waals surface area contributed by atoms with E-state index in [1.807, 2.05) is 48.7 Å². The summed E-state index contributed by atoms with van der Waals surface area (Å²) in [5, 5.41) is 0. The third-order valence-electron chi connectivity index (χ3n) is 4.93. The van der Waals surface area contributed by atoms with Gasteiger partial charge in [-0.15, -0.1) is 0 Å². The molecule has 1 aliphatic rings. The Hall–Kier alpha value is -3.06. The molecule has 1 fully saturated rings. The molecule has 1 saturated heterocycles. The van der Waals surface area contributed by atoms with Crippen LogP contribution >= 0.6 is 11.8 Å². The van der Waals surface area contributed by atoms with E-state index in [1.165, 1.54) is 18.2 Å². The molecule has 2 N–H and O–H groups in total. The quantitative estimate of drug-likeness (QED) is 0.614. The molecule has 0 radical (unpaired) electrons. The third kappa shape index (κ3) is 5.10. The minimum atomic E-state index is -0.437. The number of rotatable bonds is 7. The largest absolute Gasteiger partial charge is 0.472 e. The maximum absolute atomic E-state index is 11.3. The summed E-state index contributed by atoms with van der Waals surface area (Å²) in [7, 11) is 0. The number of nitrogens with zero attached hydrogens (tertiary/aromatic N) is 3. The number of nitrogens with two attached hydrogens (primary N) is 1. The van der Waals surface area contributed by atoms with Gasteiger partial charge in [-0.1, -0.05) is 42.1 Å². The molecule has 0 bridgehead atoms. The van der Waals surface area contributed by atoms with Crippen molar-refractivity contribution in [2.45, 2.75) is 35.7 Å². The highest BCUT2D eigenvalue weighted by atomic mass is 32.2. The summed E-state index contributed by atoms with van der Waals surface area (Å²) < 4.78 is 6.12. The summed E-state index contributed by atoms with van der Waals surface area (Å²) in [6, 6.07) is 17.2. The van der Waals surface area contributed by atoms with E-state index < -0.39 is 5.91 Å². The second-order valence-corrected chi connectivity index (χ2v) is 8.27. The van der Waals surface area contributed by atoms with E-state index in [9.17, 15) is 4.79 Å². The molecule has 2 aromatic carbocycles. The summed E-state index contributed by atoms with van der Waals surface area (Å²) in [4.78, 5) is 24.7. The van der Waals surface area contributed by atoms with Gasteiger partial charge >= 0.3 is 0 Å². The van der Waals surface area contributed by atoms with Crippen molar-refractivity contribution in [1.82, 2.24) is 9.97 Å². The molecule has 6 nitrogen and oxygen atoms in total. The van der Waals surface area contributed by atoms with Crippen LogP contribution in [0.1, 0.15) is 35.2 Å². The zero-order valence-electron chi connectivity index (χ0n) is 16.7. The lowest BCUT2D eigenvalue weighted by Gasteiger charge is -2.27. The molecule has 154 valence electrons. The highest BCUT2D eigenvalue weighted by molar-refractivity contribution is 7.99. The molecule has 30 heavy (non-hydrogen) atoms. The van der Waals surface area contributed by atoms with Crippen molar-refractivity contribution in [2.24, 2.45) is 5.73 Å². The smallest absolute Gasteiger partial charge is 0.248 e. The zero-order valence-corrected chi connectivity index (χ0v) is 17.5. The second kappa shape index (κ2) is 9.63. The number of ether oxygens (including phenoxy) is 1. The lowest BCUT2D eigenvalue weighted by atomic mass is 10.1. The van der Waals surface area contributed by atoms with E-state index >= 15 is 0 Å². The predicted octanol–water partition coefficient (Wildman–Crippen LogP) is 4.30. The second-order valence-electron chi connectivity index (χ2n) is 7.15. The van der Waals surface area contributed by atoms with Crippen LogP contribution in [0, 0.1) is 0 Å². The summed E-state index contributed by atoms with van der Waals surface area (Å²) in [5.74, 6) is 0.845. The van der Waals surface area contributed by atoms with Crippen LogP contribution in [0.5, 0.6) is 5.88 Å². The fraction of sp³-hybridized carbons (Fsp3) is 0.261. The van der Waals surface area contributed by atoms with Crippen LogP contribution in [0.25, 0.3) is 0 Å². The number of hydrogen-bond donors (Lipinski definition) is 1. The van der Waals surface area contributed by atoms with E-state index in [1.54, 1.807) is 12.1 Å². The lowest BCUT2D eigenvalue weighted by molar-refractivity contribution is 0.1000. The van der Waals surface area contributed by atoms with Crippen molar-refractivity contribution in [3.63, 3.8) is 0 Å². The van der Waals surface area contributed by atoms with Crippen molar-refractivity contribution >= 4 is 23.6 Å². The minimum absolute atomic E-state index is 0.436. The average Bonchev–Trinajstić information content (AvgIpc) is 2.80. The van der Waals surface area contributed by atoms with Gasteiger partial charge in [-0.3, -0.25) is 4.79 Å². The van der Waals surface area contributed by atoms with Crippen molar-refractivity contribution in [2.75, 3.05) is 18.0 Å². The van der Waals surface area contributed by atoms with E-state index in [-0.39, 0.29) is 0 Å². The Morgan fingerprint density at radius 2 is 1.77 bits per heavy atom. The first kappa shape index (κ1) is 20.2. The summed E-state index contributed by atoms with van der Waals surface area (Å²) in [6.07, 6.45) is 5.39. The highest BCUT2D eigenvalue weighted by Gasteiger charge is 2.17. The van der Waals surface area contributed by atoms with Gasteiger partial charge in [0.05, 0.1) is 11.1 Å². The topological polar surface area (TPSA) is 81.3 Å². The van der Waals surface area contributed by atoms with E-state index in [4.69, 9.17) is 15.5 Å². The number of carbonyl (C=O) groups is 1. The molecule has 1 aromatic heterocycles. The number of hydrogen-bond acceptors (Lipinski definition) is 6. The van der Waals surface area contributed by atoms with Crippen molar-refractivity contribution in [1.29, 1.82) is 0 Å². The highest BCUT2D eigenvalue weighted by Crippen LogP contribution is 2.35. The molecular weight excluding hydrogens is 396 g/mol. The molecular formula is C23H24N4O2S. The first-order valence-corrected chi connectivity index (χ1v) is 10.9. The SMILES string of the molecule is NC(=O)c1ccc(Sc2cnc(N3CCCCC3)nc2OCc2ccccc2)cc1. The normalized spacial score (nSPS) is 13.8. The Kier molecular flexibility index (Phi) is 6.49. The number of anilines is 1. The zero-order chi connectivity index (χ0) is 20.8. The summed E-state index contributed by atoms with van der Waals surface area (Å²) in [6.45, 7) is 2.38. The van der Waals surface area contributed by atoms with Crippen LogP contribution in [-0.4, -0.2) is 29.0 Å². The Balaban J connectivity index is 1.57. The van der Waals surface area contributed by atoms with Crippen LogP contribution in [0.2, 0.25) is 0 Å². The Bertz CT molecular complexity index is 990. The van der Waals surface area contributed by atoms with Gasteiger partial charge < -0.3 is 15.4 Å². The van der Waals surface area contributed by atoms with E-state index in [0.29, 0.717) is 24.0 Å². The lowest BCUT2D eigenvalue weighted by Crippen LogP contribution is -2.31. The van der Waals surface area contributed by atoms with Crippen LogP contribution in [0.3, 0.4) is 0 Å². The van der Waals surface area contributed by atoms with Crippen molar-refractivity contribution in [3.8, 4) is 5.88 Å². The molecule has 0 aliphatic carbocycles. The Morgan fingerprint density at radius 3 is 2.47 bits per heavy atom. The van der Waals surface area contributed by atoms with Crippen LogP contribution < -0.4 is 15.4 Å². The van der Waals surface area contributed by atoms with E-state index in [2.05, 4.69) is 9.88 Å². The number of primary amides is 1. The van der Waals surface area contributed by atoms with E-state index in [0.717, 1.165) is 41.3 Å². The summed E-state index contributed by atoms with van der Waals surface area (Å²) in [5.41, 5.74) is 6.90. The third-order valence-corrected chi connectivity index (χ3v) is 5.94. The molecule has 7 heteroatoms. The average molecular weight is 421 g/mol. The Morgan fingerprint density at radius 1 is 1.03 bits per heavy atom. The molecule has 3 aromatic rings. The maximum atomic E-state index is 11.3. The van der Waals surface area contributed by atoms with Crippen molar-refractivity contribution < 1.29 is 9.53 Å². The van der Waals surface area contributed by atoms with Crippen LogP contribution in [-0.2, 0) is 6.61 Å². The van der Waals surface area contributed by atoms with Crippen LogP contribution in [0.15, 0.2) is 70.6 Å². The number of carbonyl (C=O) groups excluding carboxylic acids is 1. The molecule has 2 heterocycles. The first-order chi connectivity index (χ1) is 14.7. The van der Waals surface area contributed by atoms with Crippen molar-refractivity contribution in [3.05, 3.63) is 71.9 Å². The fourth-order valence-corrected chi connectivity index (χ4v) is 4.13. The Labute approximate surface area is 180 Å². The van der Waals surface area contributed by atoms with Gasteiger partial charge in [-0.2, -0.15) is 4.98 Å². The summed E-state index contributed by atoms with van der Waals surface area (Å²) >= 11 is 1.50. The monoisotopic (exact) mass is 420 g/mol. The van der Waals surface area contributed by atoms with Gasteiger partial charge in [0, 0.05) is 23.5 Å². The first-order valence-electron chi connectivity index (χ1n) is 10.1. The predicted molar refractivity (Wildman–Crippen MR) is 118 cm³/mol. The van der Waals surface area contributed by atoms with Gasteiger partial charge in [0.15, 0.2) is 0 Å². The number of benzene rings is 2. The number of amides is 1. The molecule has 1 amide bonds. The number of piperidine rings is 1. The van der Waals surface area contributed by atoms with Gasteiger partial charge in [0.1, 0.15) is 6.61 Å². The molecule has 4 rings (SSSR count). The molecule has 0 saturated carbocycles.